The molecule has 0 radical (unpaired) electrons. The Morgan fingerprint density at radius 3 is 2.54 bits per heavy atom. The highest BCUT2D eigenvalue weighted by Crippen LogP contribution is 2.53. The summed E-state index contributed by atoms with van der Waals surface area (Å²) < 4.78 is 42.1. The average molecular weight is 397 g/mol. The van der Waals surface area contributed by atoms with E-state index in [4.69, 9.17) is 0 Å². The van der Waals surface area contributed by atoms with E-state index in [1.807, 2.05) is 0 Å². The van der Waals surface area contributed by atoms with Gasteiger partial charge in [-0.05, 0) is 49.1 Å². The highest BCUT2D eigenvalue weighted by molar-refractivity contribution is 5.88. The number of carbonyl (C=O) groups excluding carboxylic acids is 1. The molecule has 5 atom stereocenters. The third kappa shape index (κ3) is 3.56. The SMILES string of the molecule is O=C(O)C1CC2CCCCC2N1C(=O)C1CC1c1ccccc1OC(F)(F)F. The maximum atomic E-state index is 13.2. The molecule has 1 heterocycles. The van der Waals surface area contributed by atoms with E-state index in [9.17, 15) is 27.9 Å². The molecule has 28 heavy (non-hydrogen) atoms. The second-order valence-electron chi connectivity index (χ2n) is 7.98. The van der Waals surface area contributed by atoms with Gasteiger partial charge in [0, 0.05) is 12.0 Å². The first kappa shape index (κ1) is 19.1. The Labute approximate surface area is 160 Å². The van der Waals surface area contributed by atoms with Crippen LogP contribution in [0, 0.1) is 11.8 Å². The summed E-state index contributed by atoms with van der Waals surface area (Å²) in [7, 11) is 0. The molecule has 3 aliphatic rings. The fourth-order valence-electron chi connectivity index (χ4n) is 5.01. The first-order valence-electron chi connectivity index (χ1n) is 9.66. The van der Waals surface area contributed by atoms with Crippen molar-refractivity contribution in [3.8, 4) is 5.75 Å². The lowest BCUT2D eigenvalue weighted by Gasteiger charge is -2.33. The van der Waals surface area contributed by atoms with Crippen molar-refractivity contribution in [3.63, 3.8) is 0 Å². The molecule has 0 bridgehead atoms. The van der Waals surface area contributed by atoms with Crippen molar-refractivity contribution < 1.29 is 32.6 Å². The van der Waals surface area contributed by atoms with Gasteiger partial charge in [0.1, 0.15) is 11.8 Å². The van der Waals surface area contributed by atoms with Gasteiger partial charge >= 0.3 is 12.3 Å². The van der Waals surface area contributed by atoms with Crippen molar-refractivity contribution in [2.24, 2.45) is 11.8 Å². The van der Waals surface area contributed by atoms with Crippen molar-refractivity contribution in [1.29, 1.82) is 0 Å². The topological polar surface area (TPSA) is 66.8 Å². The standard InChI is InChI=1S/C20H22F3NO4/c21-20(22,23)28-17-8-4-2-6-12(17)13-10-14(13)18(25)24-15-7-3-1-5-11(15)9-16(24)19(26)27/h2,4,6,8,11,13-16H,1,3,5,7,9-10H2,(H,26,27). The fraction of sp³-hybridized carbons (Fsp3) is 0.600. The fourth-order valence-corrected chi connectivity index (χ4v) is 5.01. The van der Waals surface area contributed by atoms with Crippen molar-refractivity contribution in [3.05, 3.63) is 29.8 Å². The van der Waals surface area contributed by atoms with Crippen molar-refractivity contribution in [2.45, 2.75) is 62.9 Å². The summed E-state index contributed by atoms with van der Waals surface area (Å²) in [6, 6.07) is 4.97. The predicted octanol–water partition coefficient (Wildman–Crippen LogP) is 3.93. The van der Waals surface area contributed by atoms with Crippen LogP contribution in [-0.2, 0) is 9.59 Å². The minimum atomic E-state index is -4.80. The Morgan fingerprint density at radius 2 is 1.82 bits per heavy atom. The number of halogens is 3. The zero-order valence-corrected chi connectivity index (χ0v) is 15.2. The molecule has 2 aliphatic carbocycles. The highest BCUT2D eigenvalue weighted by Gasteiger charge is 2.54. The molecular formula is C20H22F3NO4. The molecule has 5 unspecified atom stereocenters. The number of amides is 1. The van der Waals surface area contributed by atoms with Crippen molar-refractivity contribution >= 4 is 11.9 Å². The Balaban J connectivity index is 1.54. The molecule has 4 rings (SSSR count). The quantitative estimate of drug-likeness (QED) is 0.836. The number of ether oxygens (including phenoxy) is 1. The Bertz CT molecular complexity index is 781. The van der Waals surface area contributed by atoms with Gasteiger partial charge in [-0.15, -0.1) is 13.2 Å². The molecule has 1 saturated heterocycles. The monoisotopic (exact) mass is 397 g/mol. The molecule has 1 aliphatic heterocycles. The largest absolute Gasteiger partial charge is 0.573 e. The first-order valence-corrected chi connectivity index (χ1v) is 9.66. The number of nitrogens with zero attached hydrogens (tertiary/aromatic N) is 1. The Morgan fingerprint density at radius 1 is 1.11 bits per heavy atom. The molecule has 5 nitrogen and oxygen atoms in total. The maximum absolute atomic E-state index is 13.2. The summed E-state index contributed by atoms with van der Waals surface area (Å²) in [6.07, 6.45) is -0.186. The van der Waals surface area contributed by atoms with Gasteiger partial charge in [0.05, 0.1) is 0 Å². The molecule has 0 spiro atoms. The van der Waals surface area contributed by atoms with Crippen molar-refractivity contribution in [2.75, 3.05) is 0 Å². The van der Waals surface area contributed by atoms with E-state index in [0.29, 0.717) is 18.4 Å². The average Bonchev–Trinajstić information content (AvgIpc) is 3.32. The molecule has 152 valence electrons. The van der Waals surface area contributed by atoms with Gasteiger partial charge in [0.2, 0.25) is 5.91 Å². The summed E-state index contributed by atoms with van der Waals surface area (Å²) in [4.78, 5) is 26.4. The third-order valence-electron chi connectivity index (χ3n) is 6.28. The van der Waals surface area contributed by atoms with Crippen LogP contribution in [0.2, 0.25) is 0 Å². The second kappa shape index (κ2) is 6.97. The number of hydrogen-bond donors (Lipinski definition) is 1. The van der Waals surface area contributed by atoms with E-state index in [0.717, 1.165) is 25.7 Å². The van der Waals surface area contributed by atoms with E-state index in [2.05, 4.69) is 4.74 Å². The molecule has 1 N–H and O–H groups in total. The molecule has 1 aromatic rings. The van der Waals surface area contributed by atoms with Gasteiger partial charge in [0.25, 0.3) is 0 Å². The van der Waals surface area contributed by atoms with Crippen LogP contribution in [0.3, 0.4) is 0 Å². The van der Waals surface area contributed by atoms with E-state index in [1.54, 1.807) is 12.1 Å². The number of rotatable bonds is 4. The number of carbonyl (C=O) groups is 2. The lowest BCUT2D eigenvalue weighted by atomic mass is 9.84. The number of aliphatic carboxylic acids is 1. The summed E-state index contributed by atoms with van der Waals surface area (Å²) in [6.45, 7) is 0. The summed E-state index contributed by atoms with van der Waals surface area (Å²) in [5.41, 5.74) is 0.351. The van der Waals surface area contributed by atoms with Crippen molar-refractivity contribution in [1.82, 2.24) is 4.90 Å². The molecule has 0 aromatic heterocycles. The lowest BCUT2D eigenvalue weighted by Crippen LogP contribution is -2.47. The van der Waals surface area contributed by atoms with Crippen LogP contribution in [0.15, 0.2) is 24.3 Å². The number of fused-ring (bicyclic) bond motifs is 1. The summed E-state index contributed by atoms with van der Waals surface area (Å²) >= 11 is 0. The summed E-state index contributed by atoms with van der Waals surface area (Å²) in [5.74, 6) is -2.18. The molecule has 1 aromatic carbocycles. The van der Waals surface area contributed by atoms with E-state index >= 15 is 0 Å². The first-order chi connectivity index (χ1) is 13.3. The van der Waals surface area contributed by atoms with Crippen LogP contribution in [0.25, 0.3) is 0 Å². The van der Waals surface area contributed by atoms with Gasteiger partial charge < -0.3 is 14.7 Å². The summed E-state index contributed by atoms with van der Waals surface area (Å²) in [5, 5.41) is 9.60. The number of para-hydroxylation sites is 1. The highest BCUT2D eigenvalue weighted by atomic mass is 19.4. The number of carboxylic acids is 1. The molecular weight excluding hydrogens is 375 g/mol. The Kier molecular flexibility index (Phi) is 4.75. The van der Waals surface area contributed by atoms with E-state index < -0.39 is 24.3 Å². The van der Waals surface area contributed by atoms with E-state index in [1.165, 1.54) is 17.0 Å². The smallest absolute Gasteiger partial charge is 0.480 e. The number of likely N-dealkylation sites (tertiary alicyclic amines) is 1. The molecule has 8 heteroatoms. The Hall–Kier alpha value is -2.25. The number of hydrogen-bond acceptors (Lipinski definition) is 3. The number of alkyl halides is 3. The van der Waals surface area contributed by atoms with Crippen LogP contribution in [-0.4, -0.2) is 40.3 Å². The van der Waals surface area contributed by atoms with Gasteiger partial charge in [0.15, 0.2) is 0 Å². The van der Waals surface area contributed by atoms with Gasteiger partial charge in [-0.25, -0.2) is 4.79 Å². The van der Waals surface area contributed by atoms with Crippen LogP contribution in [0.1, 0.15) is 50.0 Å². The minimum absolute atomic E-state index is 0.0646. The molecule has 1 amide bonds. The zero-order valence-electron chi connectivity index (χ0n) is 15.2. The number of carboxylic acid groups (broad SMARTS) is 1. The predicted molar refractivity (Wildman–Crippen MR) is 92.6 cm³/mol. The third-order valence-corrected chi connectivity index (χ3v) is 6.28. The van der Waals surface area contributed by atoms with Crippen LogP contribution in [0.5, 0.6) is 5.75 Å². The minimum Gasteiger partial charge on any atom is -0.480 e. The van der Waals surface area contributed by atoms with Crippen LogP contribution >= 0.6 is 0 Å². The van der Waals surface area contributed by atoms with Crippen LogP contribution in [0.4, 0.5) is 13.2 Å². The van der Waals surface area contributed by atoms with Gasteiger partial charge in [-0.2, -0.15) is 0 Å². The normalized spacial score (nSPS) is 32.0. The van der Waals surface area contributed by atoms with Crippen LogP contribution < -0.4 is 4.74 Å². The molecule has 2 saturated carbocycles. The maximum Gasteiger partial charge on any atom is 0.573 e. The second-order valence-corrected chi connectivity index (χ2v) is 7.98. The number of benzene rings is 1. The lowest BCUT2D eigenvalue weighted by molar-refractivity contribution is -0.274. The molecule has 3 fully saturated rings. The zero-order chi connectivity index (χ0) is 20.1. The van der Waals surface area contributed by atoms with Gasteiger partial charge in [-0.1, -0.05) is 31.0 Å². The van der Waals surface area contributed by atoms with E-state index in [-0.39, 0.29) is 29.5 Å². The van der Waals surface area contributed by atoms with Gasteiger partial charge in [-0.3, -0.25) is 4.79 Å².